The van der Waals surface area contributed by atoms with Crippen LogP contribution in [0.2, 0.25) is 0 Å². The number of benzene rings is 1. The molecule has 5 nitrogen and oxygen atoms in total. The van der Waals surface area contributed by atoms with E-state index in [9.17, 15) is 9.59 Å². The van der Waals surface area contributed by atoms with E-state index in [1.807, 2.05) is 12.1 Å². The van der Waals surface area contributed by atoms with Gasteiger partial charge in [0.1, 0.15) is 11.6 Å². The monoisotopic (exact) mass is 349 g/mol. The van der Waals surface area contributed by atoms with Crippen LogP contribution in [0.15, 0.2) is 29.1 Å². The van der Waals surface area contributed by atoms with Gasteiger partial charge in [-0.1, -0.05) is 24.3 Å². The number of amides is 1. The molecule has 0 bridgehead atoms. The molecule has 0 radical (unpaired) electrons. The Morgan fingerprint density at radius 2 is 2.04 bits per heavy atom. The van der Waals surface area contributed by atoms with E-state index in [1.54, 1.807) is 13.8 Å². The summed E-state index contributed by atoms with van der Waals surface area (Å²) < 4.78 is 0. The standard InChI is InChI=1S/C21H23N3O2/c1-13-18(14(2)23-21(26)19(13)12-22)9-10-20(25)24-17-8-7-15-5-3-4-6-16(15)11-17/h3-6,17H,7-11H2,1-2H3,(H,23,26)(H,24,25)/t17-/m1/s1. The van der Waals surface area contributed by atoms with E-state index in [1.165, 1.54) is 11.1 Å². The zero-order valence-corrected chi connectivity index (χ0v) is 15.2. The van der Waals surface area contributed by atoms with E-state index >= 15 is 0 Å². The predicted molar refractivity (Wildman–Crippen MR) is 100.0 cm³/mol. The highest BCUT2D eigenvalue weighted by atomic mass is 16.1. The molecule has 2 aromatic rings. The number of carbonyl (C=O) groups excluding carboxylic acids is 1. The number of aromatic amines is 1. The molecule has 134 valence electrons. The molecule has 1 aromatic carbocycles. The molecule has 0 saturated carbocycles. The predicted octanol–water partition coefficient (Wildman–Crippen LogP) is 2.47. The van der Waals surface area contributed by atoms with Gasteiger partial charge < -0.3 is 10.3 Å². The Hall–Kier alpha value is -2.87. The third-order valence-corrected chi connectivity index (χ3v) is 5.23. The lowest BCUT2D eigenvalue weighted by Crippen LogP contribution is -2.39. The largest absolute Gasteiger partial charge is 0.353 e. The Bertz CT molecular complexity index is 937. The van der Waals surface area contributed by atoms with Gasteiger partial charge in [-0.05, 0) is 61.8 Å². The first-order valence-electron chi connectivity index (χ1n) is 8.98. The SMILES string of the molecule is Cc1[nH]c(=O)c(C#N)c(C)c1CCC(=O)N[C@@H]1CCc2ccccc2C1. The average molecular weight is 349 g/mol. The van der Waals surface area contributed by atoms with Crippen LogP contribution in [-0.2, 0) is 24.1 Å². The minimum Gasteiger partial charge on any atom is -0.353 e. The van der Waals surface area contributed by atoms with Crippen molar-refractivity contribution in [2.45, 2.75) is 52.0 Å². The number of fused-ring (bicyclic) bond motifs is 1. The Labute approximate surface area is 153 Å². The van der Waals surface area contributed by atoms with Gasteiger partial charge in [0.2, 0.25) is 5.91 Å². The molecule has 1 heterocycles. The van der Waals surface area contributed by atoms with E-state index < -0.39 is 0 Å². The van der Waals surface area contributed by atoms with E-state index in [0.29, 0.717) is 18.4 Å². The van der Waals surface area contributed by atoms with Crippen molar-refractivity contribution in [3.63, 3.8) is 0 Å². The molecule has 1 aromatic heterocycles. The fourth-order valence-electron chi connectivity index (χ4n) is 3.78. The van der Waals surface area contributed by atoms with Crippen molar-refractivity contribution in [1.82, 2.24) is 10.3 Å². The Kier molecular flexibility index (Phi) is 5.22. The highest BCUT2D eigenvalue weighted by Gasteiger charge is 2.20. The van der Waals surface area contributed by atoms with Crippen LogP contribution < -0.4 is 10.9 Å². The van der Waals surface area contributed by atoms with Crippen LogP contribution in [0.5, 0.6) is 0 Å². The van der Waals surface area contributed by atoms with Gasteiger partial charge >= 0.3 is 0 Å². The molecule has 1 amide bonds. The van der Waals surface area contributed by atoms with Gasteiger partial charge in [-0.2, -0.15) is 5.26 Å². The molecule has 26 heavy (non-hydrogen) atoms. The molecule has 0 unspecified atom stereocenters. The average Bonchev–Trinajstić information content (AvgIpc) is 2.61. The zero-order chi connectivity index (χ0) is 18.7. The summed E-state index contributed by atoms with van der Waals surface area (Å²) in [6, 6.07) is 10.5. The number of rotatable bonds is 4. The molecular weight excluding hydrogens is 326 g/mol. The second-order valence-corrected chi connectivity index (χ2v) is 6.95. The van der Waals surface area contributed by atoms with Crippen molar-refractivity contribution in [1.29, 1.82) is 5.26 Å². The number of nitrogens with zero attached hydrogens (tertiary/aromatic N) is 1. The Balaban J connectivity index is 1.62. The van der Waals surface area contributed by atoms with Crippen LogP contribution in [0.4, 0.5) is 0 Å². The quantitative estimate of drug-likeness (QED) is 0.889. The van der Waals surface area contributed by atoms with Crippen molar-refractivity contribution in [2.24, 2.45) is 0 Å². The summed E-state index contributed by atoms with van der Waals surface area (Å²) in [5.74, 6) is 0.0119. The maximum atomic E-state index is 12.4. The summed E-state index contributed by atoms with van der Waals surface area (Å²) in [4.78, 5) is 26.9. The van der Waals surface area contributed by atoms with E-state index in [-0.39, 0.29) is 23.1 Å². The molecule has 0 aliphatic heterocycles. The fraction of sp³-hybridized carbons (Fsp3) is 0.381. The van der Waals surface area contributed by atoms with Gasteiger partial charge in [-0.3, -0.25) is 9.59 Å². The number of nitrogens with one attached hydrogen (secondary N) is 2. The third-order valence-electron chi connectivity index (χ3n) is 5.23. The lowest BCUT2D eigenvalue weighted by molar-refractivity contribution is -0.121. The van der Waals surface area contributed by atoms with E-state index in [0.717, 1.165) is 30.5 Å². The number of carbonyl (C=O) groups is 1. The third kappa shape index (κ3) is 3.70. The van der Waals surface area contributed by atoms with Gasteiger partial charge in [0.25, 0.3) is 5.56 Å². The summed E-state index contributed by atoms with van der Waals surface area (Å²) in [7, 11) is 0. The van der Waals surface area contributed by atoms with E-state index in [4.69, 9.17) is 5.26 Å². The Morgan fingerprint density at radius 3 is 2.77 bits per heavy atom. The Morgan fingerprint density at radius 1 is 1.31 bits per heavy atom. The van der Waals surface area contributed by atoms with Crippen molar-refractivity contribution in [3.05, 3.63) is 68.1 Å². The molecule has 1 aliphatic rings. The number of H-pyrrole nitrogens is 1. The number of aryl methyl sites for hydroxylation is 2. The smallest absolute Gasteiger partial charge is 0.266 e. The van der Waals surface area contributed by atoms with Gasteiger partial charge in [-0.25, -0.2) is 0 Å². The van der Waals surface area contributed by atoms with Gasteiger partial charge in [0, 0.05) is 18.2 Å². The van der Waals surface area contributed by atoms with Crippen molar-refractivity contribution in [2.75, 3.05) is 0 Å². The van der Waals surface area contributed by atoms with Crippen LogP contribution in [0, 0.1) is 25.2 Å². The van der Waals surface area contributed by atoms with Crippen molar-refractivity contribution in [3.8, 4) is 6.07 Å². The first-order valence-corrected chi connectivity index (χ1v) is 8.98. The second-order valence-electron chi connectivity index (χ2n) is 6.95. The second kappa shape index (κ2) is 7.57. The molecule has 0 fully saturated rings. The van der Waals surface area contributed by atoms with Crippen LogP contribution in [0.3, 0.4) is 0 Å². The van der Waals surface area contributed by atoms with Crippen LogP contribution >= 0.6 is 0 Å². The number of hydrogen-bond acceptors (Lipinski definition) is 3. The lowest BCUT2D eigenvalue weighted by atomic mass is 9.88. The molecule has 2 N–H and O–H groups in total. The van der Waals surface area contributed by atoms with Crippen LogP contribution in [0.25, 0.3) is 0 Å². The van der Waals surface area contributed by atoms with Crippen LogP contribution in [0.1, 0.15) is 46.4 Å². The number of pyridine rings is 1. The number of nitriles is 1. The summed E-state index contributed by atoms with van der Waals surface area (Å²) >= 11 is 0. The van der Waals surface area contributed by atoms with E-state index in [2.05, 4.69) is 28.5 Å². The maximum Gasteiger partial charge on any atom is 0.266 e. The summed E-state index contributed by atoms with van der Waals surface area (Å²) in [6.45, 7) is 3.58. The summed E-state index contributed by atoms with van der Waals surface area (Å²) in [5.41, 5.74) is 4.74. The first kappa shape index (κ1) is 17.9. The summed E-state index contributed by atoms with van der Waals surface area (Å²) in [6.07, 6.45) is 3.68. The molecule has 1 aliphatic carbocycles. The van der Waals surface area contributed by atoms with Gasteiger partial charge in [-0.15, -0.1) is 0 Å². The lowest BCUT2D eigenvalue weighted by Gasteiger charge is -2.25. The topological polar surface area (TPSA) is 85.8 Å². The normalized spacial score (nSPS) is 15.8. The van der Waals surface area contributed by atoms with Crippen molar-refractivity contribution < 1.29 is 4.79 Å². The fourth-order valence-corrected chi connectivity index (χ4v) is 3.78. The van der Waals surface area contributed by atoms with Gasteiger partial charge in [0.05, 0.1) is 0 Å². The number of aromatic nitrogens is 1. The molecule has 1 atom stereocenters. The molecule has 0 spiro atoms. The van der Waals surface area contributed by atoms with Crippen molar-refractivity contribution >= 4 is 5.91 Å². The summed E-state index contributed by atoms with van der Waals surface area (Å²) in [5, 5.41) is 12.3. The minimum atomic E-state index is -0.364. The van der Waals surface area contributed by atoms with Crippen LogP contribution in [-0.4, -0.2) is 16.9 Å². The van der Waals surface area contributed by atoms with Gasteiger partial charge in [0.15, 0.2) is 0 Å². The highest BCUT2D eigenvalue weighted by molar-refractivity contribution is 5.76. The minimum absolute atomic E-state index is 0.0119. The molecular formula is C21H23N3O2. The highest BCUT2D eigenvalue weighted by Crippen LogP contribution is 2.21. The molecule has 0 saturated heterocycles. The molecule has 5 heteroatoms. The molecule has 3 rings (SSSR count). The zero-order valence-electron chi connectivity index (χ0n) is 15.2. The first-order chi connectivity index (χ1) is 12.5. The number of hydrogen-bond donors (Lipinski definition) is 2. The maximum absolute atomic E-state index is 12.4.